The first-order chi connectivity index (χ1) is 12.5. The Labute approximate surface area is 152 Å². The molecule has 1 fully saturated rings. The molecule has 0 radical (unpaired) electrons. The summed E-state index contributed by atoms with van der Waals surface area (Å²) < 4.78 is 39.6. The van der Waals surface area contributed by atoms with E-state index in [1.165, 1.54) is 9.78 Å². The van der Waals surface area contributed by atoms with Crippen molar-refractivity contribution in [3.05, 3.63) is 52.5 Å². The third-order valence-electron chi connectivity index (χ3n) is 4.61. The van der Waals surface area contributed by atoms with Gasteiger partial charge in [-0.05, 0) is 23.6 Å². The molecule has 0 bridgehead atoms. The smallest absolute Gasteiger partial charge is 0.345 e. The van der Waals surface area contributed by atoms with Crippen molar-refractivity contribution >= 4 is 28.1 Å². The summed E-state index contributed by atoms with van der Waals surface area (Å²) in [4.78, 5) is 12.3. The molecule has 4 nitrogen and oxygen atoms in total. The van der Waals surface area contributed by atoms with Crippen LogP contribution in [0.15, 0.2) is 41.8 Å². The lowest BCUT2D eigenvalue weighted by Crippen LogP contribution is -3.13. The molecule has 8 heteroatoms. The molecule has 0 spiro atoms. The standard InChI is InChI=1S/C18H17F3N4S/c19-18(20,21)17-22-15-6-2-1-5-14(15)16(23-17)25-9-7-24(8-10-25)12-13-4-3-11-26-13/h1-6,11H,7-10,12H2/p+1. The lowest BCUT2D eigenvalue weighted by molar-refractivity contribution is -0.914. The molecule has 26 heavy (non-hydrogen) atoms. The van der Waals surface area contributed by atoms with E-state index in [0.717, 1.165) is 19.6 Å². The first-order valence-corrected chi connectivity index (χ1v) is 9.33. The molecule has 3 aromatic rings. The average Bonchev–Trinajstić information content (AvgIpc) is 3.14. The van der Waals surface area contributed by atoms with Crippen LogP contribution in [0.25, 0.3) is 10.9 Å². The summed E-state index contributed by atoms with van der Waals surface area (Å²) >= 11 is 1.74. The number of fused-ring (bicyclic) bond motifs is 1. The van der Waals surface area contributed by atoms with E-state index in [-0.39, 0.29) is 0 Å². The van der Waals surface area contributed by atoms with Gasteiger partial charge in [0.2, 0.25) is 5.82 Å². The monoisotopic (exact) mass is 379 g/mol. The second kappa shape index (κ2) is 6.85. The Morgan fingerprint density at radius 1 is 1.04 bits per heavy atom. The number of anilines is 1. The highest BCUT2D eigenvalue weighted by Crippen LogP contribution is 2.31. The number of piperazine rings is 1. The second-order valence-corrected chi connectivity index (χ2v) is 7.41. The van der Waals surface area contributed by atoms with Gasteiger partial charge in [-0.25, -0.2) is 9.97 Å². The fraction of sp³-hybridized carbons (Fsp3) is 0.333. The number of thiophene rings is 1. The molecule has 136 valence electrons. The zero-order chi connectivity index (χ0) is 18.1. The topological polar surface area (TPSA) is 33.5 Å². The maximum atomic E-state index is 13.2. The van der Waals surface area contributed by atoms with E-state index in [1.54, 1.807) is 35.6 Å². The Balaban J connectivity index is 1.58. The highest BCUT2D eigenvalue weighted by atomic mass is 32.1. The molecular weight excluding hydrogens is 361 g/mol. The molecule has 1 aliphatic rings. The van der Waals surface area contributed by atoms with E-state index in [1.807, 2.05) is 11.0 Å². The first-order valence-electron chi connectivity index (χ1n) is 8.45. The van der Waals surface area contributed by atoms with Crippen LogP contribution in [-0.4, -0.2) is 36.1 Å². The van der Waals surface area contributed by atoms with Crippen LogP contribution in [0, 0.1) is 0 Å². The molecule has 2 aromatic heterocycles. The van der Waals surface area contributed by atoms with E-state index in [9.17, 15) is 13.2 Å². The lowest BCUT2D eigenvalue weighted by Gasteiger charge is -2.33. The Bertz CT molecular complexity index is 887. The quantitative estimate of drug-likeness (QED) is 0.760. The minimum absolute atomic E-state index is 0.332. The van der Waals surface area contributed by atoms with E-state index in [4.69, 9.17) is 0 Å². The molecular formula is C18H18F3N4S+. The largest absolute Gasteiger partial charge is 0.451 e. The van der Waals surface area contributed by atoms with Crippen molar-refractivity contribution in [1.82, 2.24) is 9.97 Å². The zero-order valence-corrected chi connectivity index (χ0v) is 14.8. The molecule has 0 saturated carbocycles. The van der Waals surface area contributed by atoms with Crippen LogP contribution < -0.4 is 9.80 Å². The number of halogens is 3. The van der Waals surface area contributed by atoms with Crippen molar-refractivity contribution < 1.29 is 18.1 Å². The summed E-state index contributed by atoms with van der Waals surface area (Å²) in [7, 11) is 0. The van der Waals surface area contributed by atoms with Gasteiger partial charge in [0.15, 0.2) is 0 Å². The van der Waals surface area contributed by atoms with Gasteiger partial charge in [-0.3, -0.25) is 0 Å². The van der Waals surface area contributed by atoms with Crippen molar-refractivity contribution in [2.24, 2.45) is 0 Å². The van der Waals surface area contributed by atoms with Gasteiger partial charge >= 0.3 is 6.18 Å². The molecule has 0 amide bonds. The fourth-order valence-corrected chi connectivity index (χ4v) is 4.08. The average molecular weight is 379 g/mol. The summed E-state index contributed by atoms with van der Waals surface area (Å²) in [5.41, 5.74) is 0.332. The van der Waals surface area contributed by atoms with Crippen LogP contribution in [0.4, 0.5) is 19.0 Å². The number of nitrogens with zero attached hydrogens (tertiary/aromatic N) is 3. The van der Waals surface area contributed by atoms with Gasteiger partial charge in [0.25, 0.3) is 0 Å². The molecule has 0 aliphatic carbocycles. The number of para-hydroxylation sites is 1. The van der Waals surface area contributed by atoms with Gasteiger partial charge in [-0.1, -0.05) is 18.2 Å². The molecule has 1 aliphatic heterocycles. The fourth-order valence-electron chi connectivity index (χ4n) is 3.30. The molecule has 1 saturated heterocycles. The van der Waals surface area contributed by atoms with Crippen LogP contribution in [0.1, 0.15) is 10.7 Å². The maximum Gasteiger partial charge on any atom is 0.451 e. The van der Waals surface area contributed by atoms with Crippen LogP contribution in [0.3, 0.4) is 0 Å². The number of nitrogens with one attached hydrogen (secondary N) is 1. The highest BCUT2D eigenvalue weighted by Gasteiger charge is 2.36. The third kappa shape index (κ3) is 3.52. The Kier molecular flexibility index (Phi) is 4.54. The number of rotatable bonds is 3. The van der Waals surface area contributed by atoms with Gasteiger partial charge in [-0.15, -0.1) is 11.3 Å². The van der Waals surface area contributed by atoms with Gasteiger partial charge in [0, 0.05) is 5.39 Å². The number of benzene rings is 1. The van der Waals surface area contributed by atoms with Gasteiger partial charge in [-0.2, -0.15) is 13.2 Å². The number of hydrogen-bond donors (Lipinski definition) is 1. The predicted octanol–water partition coefficient (Wildman–Crippen LogP) is 2.62. The normalized spacial score (nSPS) is 16.3. The lowest BCUT2D eigenvalue weighted by atomic mass is 10.2. The van der Waals surface area contributed by atoms with Crippen molar-refractivity contribution in [2.75, 3.05) is 31.1 Å². The van der Waals surface area contributed by atoms with Crippen LogP contribution in [0.5, 0.6) is 0 Å². The van der Waals surface area contributed by atoms with Crippen molar-refractivity contribution in [3.8, 4) is 0 Å². The molecule has 0 unspecified atom stereocenters. The summed E-state index contributed by atoms with van der Waals surface area (Å²) in [6.45, 7) is 4.07. The van der Waals surface area contributed by atoms with Crippen molar-refractivity contribution in [1.29, 1.82) is 0 Å². The minimum Gasteiger partial charge on any atom is -0.345 e. The molecule has 0 atom stereocenters. The summed E-state index contributed by atoms with van der Waals surface area (Å²) in [5, 5.41) is 2.73. The predicted molar refractivity (Wildman–Crippen MR) is 95.5 cm³/mol. The Morgan fingerprint density at radius 3 is 2.50 bits per heavy atom. The minimum atomic E-state index is -4.55. The van der Waals surface area contributed by atoms with E-state index < -0.39 is 12.0 Å². The maximum absolute atomic E-state index is 13.2. The van der Waals surface area contributed by atoms with E-state index in [2.05, 4.69) is 21.4 Å². The molecule has 3 heterocycles. The highest BCUT2D eigenvalue weighted by molar-refractivity contribution is 7.09. The summed E-state index contributed by atoms with van der Waals surface area (Å²) in [6, 6.07) is 11.1. The first kappa shape index (κ1) is 17.2. The van der Waals surface area contributed by atoms with E-state index in [0.29, 0.717) is 29.8 Å². The Morgan fingerprint density at radius 2 is 1.81 bits per heavy atom. The van der Waals surface area contributed by atoms with Crippen LogP contribution >= 0.6 is 11.3 Å². The van der Waals surface area contributed by atoms with Crippen LogP contribution in [-0.2, 0) is 12.7 Å². The van der Waals surface area contributed by atoms with E-state index >= 15 is 0 Å². The van der Waals surface area contributed by atoms with Crippen molar-refractivity contribution in [2.45, 2.75) is 12.7 Å². The molecule has 1 aromatic carbocycles. The summed E-state index contributed by atoms with van der Waals surface area (Å²) in [5.74, 6) is -0.683. The van der Waals surface area contributed by atoms with Gasteiger partial charge in [0.05, 0.1) is 36.6 Å². The number of hydrogen-bond acceptors (Lipinski definition) is 4. The number of aromatic nitrogens is 2. The SMILES string of the molecule is FC(F)(F)c1nc(N2CC[NH+](Cc3cccs3)CC2)c2ccccc2n1. The van der Waals surface area contributed by atoms with Gasteiger partial charge in [0.1, 0.15) is 12.4 Å². The number of quaternary nitrogens is 1. The second-order valence-electron chi connectivity index (χ2n) is 6.38. The van der Waals surface area contributed by atoms with Gasteiger partial charge < -0.3 is 9.80 Å². The molecule has 1 N–H and O–H groups in total. The van der Waals surface area contributed by atoms with Crippen LogP contribution in [0.2, 0.25) is 0 Å². The summed E-state index contributed by atoms with van der Waals surface area (Å²) in [6.07, 6.45) is -4.55. The number of alkyl halides is 3. The Hall–Kier alpha value is -2.19. The zero-order valence-electron chi connectivity index (χ0n) is 14.0. The van der Waals surface area contributed by atoms with Crippen molar-refractivity contribution in [3.63, 3.8) is 0 Å². The third-order valence-corrected chi connectivity index (χ3v) is 5.49. The molecule has 4 rings (SSSR count).